The second-order valence-electron chi connectivity index (χ2n) is 3.46. The molecule has 1 atom stereocenters. The maximum atomic E-state index is 11.9. The van der Waals surface area contributed by atoms with E-state index in [2.05, 4.69) is 20.7 Å². The molecule has 8 heteroatoms. The van der Waals surface area contributed by atoms with Crippen LogP contribution in [-0.2, 0) is 19.1 Å². The number of rotatable bonds is 7. The Hall–Kier alpha value is -0.790. The van der Waals surface area contributed by atoms with E-state index in [9.17, 15) is 22.8 Å². The smallest absolute Gasteiger partial charge is 0.466 e. The fourth-order valence-electron chi connectivity index (χ4n) is 0.921. The van der Waals surface area contributed by atoms with E-state index in [1.165, 1.54) is 0 Å². The van der Waals surface area contributed by atoms with Crippen LogP contribution in [0.1, 0.15) is 26.2 Å². The second-order valence-corrected chi connectivity index (χ2v) is 4.11. The van der Waals surface area contributed by atoms with Crippen LogP contribution in [0, 0.1) is 0 Å². The number of carbonyl (C=O) groups excluding carboxylic acids is 2. The molecule has 0 saturated carbocycles. The van der Waals surface area contributed by atoms with E-state index in [-0.39, 0.29) is 11.9 Å². The Morgan fingerprint density at radius 2 is 1.94 bits per heavy atom. The normalized spacial score (nSPS) is 12.9. The van der Waals surface area contributed by atoms with Crippen molar-refractivity contribution in [2.75, 3.05) is 11.9 Å². The molecule has 0 N–H and O–H groups in total. The Morgan fingerprint density at radius 3 is 2.39 bits per heavy atom. The molecule has 0 aromatic heterocycles. The number of ether oxygens (including phenoxy) is 2. The van der Waals surface area contributed by atoms with E-state index in [4.69, 9.17) is 4.74 Å². The maximum Gasteiger partial charge on any atom is 0.490 e. The van der Waals surface area contributed by atoms with E-state index >= 15 is 0 Å². The van der Waals surface area contributed by atoms with Crippen LogP contribution in [0.4, 0.5) is 13.2 Å². The first-order valence-electron chi connectivity index (χ1n) is 5.30. The zero-order valence-electron chi connectivity index (χ0n) is 9.76. The van der Waals surface area contributed by atoms with Crippen molar-refractivity contribution < 1.29 is 32.2 Å². The van der Waals surface area contributed by atoms with E-state index in [0.717, 1.165) is 6.42 Å². The summed E-state index contributed by atoms with van der Waals surface area (Å²) < 4.78 is 44.7. The highest BCUT2D eigenvalue weighted by atomic mass is 79.9. The highest BCUT2D eigenvalue weighted by molar-refractivity contribution is 9.09. The van der Waals surface area contributed by atoms with Gasteiger partial charge in [-0.15, -0.1) is 0 Å². The highest BCUT2D eigenvalue weighted by Crippen LogP contribution is 2.19. The topological polar surface area (TPSA) is 52.6 Å². The predicted octanol–water partition coefficient (Wildman–Crippen LogP) is 2.59. The van der Waals surface area contributed by atoms with Crippen molar-refractivity contribution in [1.29, 1.82) is 0 Å². The van der Waals surface area contributed by atoms with Crippen LogP contribution < -0.4 is 0 Å². The number of carbonyl (C=O) groups is 2. The summed E-state index contributed by atoms with van der Waals surface area (Å²) in [6, 6.07) is 0. The lowest BCUT2D eigenvalue weighted by atomic mass is 10.3. The fourth-order valence-corrected chi connectivity index (χ4v) is 1.28. The van der Waals surface area contributed by atoms with Crippen molar-refractivity contribution in [2.24, 2.45) is 0 Å². The first-order valence-corrected chi connectivity index (χ1v) is 6.42. The van der Waals surface area contributed by atoms with Gasteiger partial charge >= 0.3 is 18.1 Å². The van der Waals surface area contributed by atoms with Gasteiger partial charge in [-0.25, -0.2) is 4.79 Å². The van der Waals surface area contributed by atoms with Crippen LogP contribution in [-0.4, -0.2) is 36.2 Å². The second kappa shape index (κ2) is 8.34. The first kappa shape index (κ1) is 17.2. The molecule has 0 aromatic carbocycles. The van der Waals surface area contributed by atoms with Gasteiger partial charge in [0, 0.05) is 5.33 Å². The molecule has 0 fully saturated rings. The summed E-state index contributed by atoms with van der Waals surface area (Å²) in [5, 5.41) is -0.0717. The van der Waals surface area contributed by atoms with Crippen molar-refractivity contribution in [2.45, 2.75) is 38.5 Å². The third-order valence-electron chi connectivity index (χ3n) is 1.83. The van der Waals surface area contributed by atoms with Gasteiger partial charge in [-0.05, 0) is 6.42 Å². The zero-order chi connectivity index (χ0) is 14.2. The van der Waals surface area contributed by atoms with Crippen molar-refractivity contribution in [3.63, 3.8) is 0 Å². The van der Waals surface area contributed by atoms with Gasteiger partial charge in [-0.3, -0.25) is 4.79 Å². The molecule has 0 heterocycles. The lowest BCUT2D eigenvalue weighted by Crippen LogP contribution is -2.32. The summed E-state index contributed by atoms with van der Waals surface area (Å²) in [7, 11) is 0. The lowest BCUT2D eigenvalue weighted by molar-refractivity contribution is -0.204. The van der Waals surface area contributed by atoms with Crippen LogP contribution in [0.5, 0.6) is 0 Å². The molecule has 4 nitrogen and oxygen atoms in total. The van der Waals surface area contributed by atoms with Gasteiger partial charge in [0.1, 0.15) is 6.10 Å². The highest BCUT2D eigenvalue weighted by Gasteiger charge is 2.42. The average molecular weight is 335 g/mol. The number of alkyl halides is 4. The summed E-state index contributed by atoms with van der Waals surface area (Å²) >= 11 is 2.87. The molecule has 0 bridgehead atoms. The molecule has 106 valence electrons. The lowest BCUT2D eigenvalue weighted by Gasteiger charge is -2.15. The number of halogens is 4. The number of unbranched alkanes of at least 4 members (excludes halogenated alkanes) is 1. The van der Waals surface area contributed by atoms with Gasteiger partial charge in [0.25, 0.3) is 0 Å². The number of esters is 2. The minimum absolute atomic E-state index is 0.0717. The van der Waals surface area contributed by atoms with E-state index in [1.54, 1.807) is 0 Å². The monoisotopic (exact) mass is 334 g/mol. The largest absolute Gasteiger partial charge is 0.490 e. The SMILES string of the molecule is CCCCOC(=O)CC(CBr)OC(=O)C(F)(F)F. The Kier molecular flexibility index (Phi) is 7.97. The van der Waals surface area contributed by atoms with Gasteiger partial charge < -0.3 is 9.47 Å². The fraction of sp³-hybridized carbons (Fsp3) is 0.800. The number of hydrogen-bond donors (Lipinski definition) is 0. The third-order valence-corrected chi connectivity index (χ3v) is 2.55. The number of hydrogen-bond acceptors (Lipinski definition) is 4. The molecule has 0 aliphatic carbocycles. The molecule has 0 aromatic rings. The molecule has 0 aliphatic rings. The molecule has 1 unspecified atom stereocenters. The van der Waals surface area contributed by atoms with Crippen LogP contribution in [0.3, 0.4) is 0 Å². The minimum atomic E-state index is -5.06. The Morgan fingerprint density at radius 1 is 1.33 bits per heavy atom. The molecule has 0 radical (unpaired) electrons. The van der Waals surface area contributed by atoms with Crippen molar-refractivity contribution in [1.82, 2.24) is 0 Å². The van der Waals surface area contributed by atoms with Crippen LogP contribution >= 0.6 is 15.9 Å². The summed E-state index contributed by atoms with van der Waals surface area (Å²) in [5.41, 5.74) is 0. The summed E-state index contributed by atoms with van der Waals surface area (Å²) in [4.78, 5) is 21.8. The molecule has 18 heavy (non-hydrogen) atoms. The molecule has 0 rings (SSSR count). The van der Waals surface area contributed by atoms with E-state index < -0.39 is 30.6 Å². The molecule has 0 amide bonds. The summed E-state index contributed by atoms with van der Waals surface area (Å²) in [6.45, 7) is 2.11. The third kappa shape index (κ3) is 7.52. The van der Waals surface area contributed by atoms with Gasteiger partial charge in [0.2, 0.25) is 0 Å². The quantitative estimate of drug-likeness (QED) is 0.408. The van der Waals surface area contributed by atoms with Gasteiger partial charge in [0.05, 0.1) is 13.0 Å². The molecule has 0 spiro atoms. The van der Waals surface area contributed by atoms with Gasteiger partial charge in [0.15, 0.2) is 0 Å². The Bertz CT molecular complexity index is 281. The summed E-state index contributed by atoms with van der Waals surface area (Å²) in [5.74, 6) is -3.00. The first-order chi connectivity index (χ1) is 8.31. The summed E-state index contributed by atoms with van der Waals surface area (Å²) in [6.07, 6.45) is -5.15. The maximum absolute atomic E-state index is 11.9. The van der Waals surface area contributed by atoms with Crippen LogP contribution in [0.15, 0.2) is 0 Å². The van der Waals surface area contributed by atoms with Crippen LogP contribution in [0.25, 0.3) is 0 Å². The molecular formula is C10H14BrF3O4. The Labute approximate surface area is 111 Å². The van der Waals surface area contributed by atoms with E-state index in [1.807, 2.05) is 6.92 Å². The van der Waals surface area contributed by atoms with E-state index in [0.29, 0.717) is 6.42 Å². The Balaban J connectivity index is 4.11. The van der Waals surface area contributed by atoms with Crippen molar-refractivity contribution in [3.05, 3.63) is 0 Å². The predicted molar refractivity (Wildman–Crippen MR) is 60.2 cm³/mol. The molecular weight excluding hydrogens is 321 g/mol. The molecule has 0 saturated heterocycles. The van der Waals surface area contributed by atoms with Crippen molar-refractivity contribution >= 4 is 27.9 Å². The average Bonchev–Trinajstić information content (AvgIpc) is 2.27. The van der Waals surface area contributed by atoms with Gasteiger partial charge in [-0.2, -0.15) is 13.2 Å². The van der Waals surface area contributed by atoms with Crippen LogP contribution in [0.2, 0.25) is 0 Å². The molecule has 0 aliphatic heterocycles. The zero-order valence-corrected chi connectivity index (χ0v) is 11.3. The minimum Gasteiger partial charge on any atom is -0.466 e. The van der Waals surface area contributed by atoms with Gasteiger partial charge in [-0.1, -0.05) is 29.3 Å². The standard InChI is InChI=1S/C10H14BrF3O4/c1-2-3-4-17-8(15)5-7(6-11)18-9(16)10(12,13)14/h7H,2-6H2,1H3. The van der Waals surface area contributed by atoms with Crippen molar-refractivity contribution in [3.8, 4) is 0 Å².